The number of nitrogens with one attached hydrogen (secondary N) is 4. The zero-order valence-electron chi connectivity index (χ0n) is 53.0. The average molecular weight is 1310 g/mol. The summed E-state index contributed by atoms with van der Waals surface area (Å²) in [6, 6.07) is 2.46. The smallest absolute Gasteiger partial charge is 0.409 e. The number of likely N-dealkylation sites (N-methyl/N-ethyl adjacent to an activating group) is 1. The number of urea groups is 1. The van der Waals surface area contributed by atoms with E-state index in [4.69, 9.17) is 41.1 Å². The topological polar surface area (TPSA) is 375 Å². The number of aliphatic hydroxyl groups is 1. The quantitative estimate of drug-likeness (QED) is 0.0398. The zero-order chi connectivity index (χ0) is 67.6. The minimum absolute atomic E-state index is 0.00908. The molecule has 4 aliphatic heterocycles. The monoisotopic (exact) mass is 1310 g/mol. The molecule has 4 heterocycles. The number of hydrogen-bond donors (Lipinski definition) is 6. The number of rotatable bonds is 23. The number of esters is 1. The van der Waals surface area contributed by atoms with Crippen molar-refractivity contribution in [3.8, 4) is 0 Å². The summed E-state index contributed by atoms with van der Waals surface area (Å²) in [5, 5.41) is 22.9. The van der Waals surface area contributed by atoms with E-state index in [0.717, 1.165) is 28.4 Å². The minimum atomic E-state index is -4.23. The second-order valence-electron chi connectivity index (χ2n) is 24.2. The van der Waals surface area contributed by atoms with E-state index < -0.39 is 159 Å². The van der Waals surface area contributed by atoms with Gasteiger partial charge in [0.15, 0.2) is 21.3 Å². The molecule has 10 atom stereocenters. The number of benzene rings is 2. The van der Waals surface area contributed by atoms with E-state index >= 15 is 0 Å². The fraction of sp³-hybridized carbons (Fsp3) is 0.565. The van der Waals surface area contributed by atoms with Gasteiger partial charge in [-0.15, -0.1) is 5.06 Å². The molecule has 29 heteroatoms. The van der Waals surface area contributed by atoms with Gasteiger partial charge in [0.25, 0.3) is 17.7 Å². The molecule has 0 aromatic heterocycles. The van der Waals surface area contributed by atoms with Crippen LogP contribution in [-0.2, 0) is 84.8 Å². The van der Waals surface area contributed by atoms with Gasteiger partial charge in [-0.1, -0.05) is 68.3 Å². The number of epoxide rings is 1. The average Bonchev–Trinajstić information content (AvgIpc) is 1.58. The van der Waals surface area contributed by atoms with Crippen molar-refractivity contribution in [2.75, 3.05) is 38.9 Å². The van der Waals surface area contributed by atoms with E-state index in [1.54, 1.807) is 52.8 Å². The third-order valence-electron chi connectivity index (χ3n) is 16.7. The summed E-state index contributed by atoms with van der Waals surface area (Å²) in [6.45, 7) is 11.7. The van der Waals surface area contributed by atoms with Gasteiger partial charge in [-0.05, 0) is 101 Å². The molecule has 3 saturated heterocycles. The molecule has 2 aromatic rings. The molecular weight excluding hydrogens is 1230 g/mol. The highest BCUT2D eigenvalue weighted by Gasteiger charge is 2.64. The van der Waals surface area contributed by atoms with Gasteiger partial charge in [0, 0.05) is 84.0 Å². The van der Waals surface area contributed by atoms with Crippen molar-refractivity contribution in [1.82, 2.24) is 31.2 Å². The van der Waals surface area contributed by atoms with Gasteiger partial charge < -0.3 is 60.4 Å². The summed E-state index contributed by atoms with van der Waals surface area (Å²) >= 11 is 6.86. The number of nitrogens with two attached hydrogens (primary N) is 1. The number of methoxy groups -OCH3 is 1. The fourth-order valence-electron chi connectivity index (χ4n) is 11.1. The molecule has 0 saturated carbocycles. The standard InChI is InChI=1S/C62H83ClN8O19S/c1-33(2)54(67-48(73)19-12-13-20-52(77)90-71-49(74)23-24-50(71)75)56(78)66-41(17-15-25-65-59(64)81)43(72)29-39-21-22-40(30-45(39)91(11,84)85)57(79)69(8)37(6)58(80)88-47-31-51(76)70(9)42-28-38(27-35(4)53(42)63)26-34(3)16-14-18-46(86-10)62(83)32-44(87-60(82)68-62)36(5)55-61(47,7)89-55/h14,16,18,21-22,27-28,30,33,36-37,41,44,46-47,54-55,83H,12-13,15,17,19-20,23-26,29,31-32H2,1-11H3,(H,66,78)(H,67,73)(H,68,82)(H3,64,65,81)/b18-14+,34-16+/t36-,37+,41+,44+,46-,47+,54+,55+,61+,62+/m1/s1. The molecule has 6 rings (SSSR count). The molecule has 3 fully saturated rings. The number of hydroxylamine groups is 2. The Bertz CT molecular complexity index is 3340. The summed E-state index contributed by atoms with van der Waals surface area (Å²) in [7, 11) is -0.0438. The van der Waals surface area contributed by atoms with E-state index in [9.17, 15) is 66.3 Å². The number of sulfone groups is 1. The van der Waals surface area contributed by atoms with Crippen LogP contribution in [-0.4, -0.2) is 177 Å². The molecule has 91 heavy (non-hydrogen) atoms. The lowest BCUT2D eigenvalue weighted by atomic mass is 9.83. The first-order valence-corrected chi connectivity index (χ1v) is 32.2. The molecule has 9 amide bonds. The van der Waals surface area contributed by atoms with E-state index in [1.165, 1.54) is 45.2 Å². The molecule has 4 aliphatic rings. The van der Waals surface area contributed by atoms with Crippen molar-refractivity contribution >= 4 is 92.4 Å². The minimum Gasteiger partial charge on any atom is -0.457 e. The van der Waals surface area contributed by atoms with Crippen LogP contribution in [0.15, 0.2) is 59.0 Å². The van der Waals surface area contributed by atoms with Crippen LogP contribution < -0.4 is 31.9 Å². The second-order valence-corrected chi connectivity index (χ2v) is 26.6. The summed E-state index contributed by atoms with van der Waals surface area (Å²) in [5.74, 6) is -7.73. The highest BCUT2D eigenvalue weighted by Crippen LogP contribution is 2.49. The molecule has 7 N–H and O–H groups in total. The highest BCUT2D eigenvalue weighted by molar-refractivity contribution is 7.90. The predicted molar refractivity (Wildman–Crippen MR) is 328 cm³/mol. The number of carbonyl (C=O) groups is 11. The summed E-state index contributed by atoms with van der Waals surface area (Å²) in [6.07, 6.45) is -0.0961. The number of fused-ring (bicyclic) bond motifs is 5. The Hall–Kier alpha value is -7.79. The van der Waals surface area contributed by atoms with Crippen LogP contribution in [0, 0.1) is 18.8 Å². The molecular formula is C62H83ClN8O19S. The number of Topliss-reactive ketones (excluding diaryl/α,β-unsaturated/α-hetero) is 1. The molecule has 0 unspecified atom stereocenters. The Kier molecular flexibility index (Phi) is 24.3. The number of carbonyl (C=O) groups excluding carboxylic acids is 11. The van der Waals surface area contributed by atoms with Crippen molar-refractivity contribution in [1.29, 1.82) is 0 Å². The van der Waals surface area contributed by atoms with Gasteiger partial charge in [-0.25, -0.2) is 27.6 Å². The lowest BCUT2D eigenvalue weighted by molar-refractivity contribution is -0.197. The number of unbranched alkanes of at least 4 members (excludes halogenated alkanes) is 1. The number of amides is 9. The van der Waals surface area contributed by atoms with E-state index in [2.05, 4.69) is 21.3 Å². The number of hydrogen-bond acceptors (Lipinski definition) is 19. The Morgan fingerprint density at radius 1 is 0.967 bits per heavy atom. The highest BCUT2D eigenvalue weighted by atomic mass is 35.5. The van der Waals surface area contributed by atoms with Crippen LogP contribution >= 0.6 is 11.6 Å². The molecule has 4 bridgehead atoms. The van der Waals surface area contributed by atoms with Crippen LogP contribution in [0.25, 0.3) is 0 Å². The van der Waals surface area contributed by atoms with E-state index in [1.807, 2.05) is 19.1 Å². The number of alkyl carbamates (subject to hydrolysis) is 1. The SMILES string of the molecule is CO[C@@H]1/C=C/C=C(\C)Cc2cc(C)c(Cl)c(c2)N(C)C(=O)C[C@H](OC(=O)[C@H](C)N(C)C(=O)c2ccc(CC(=O)[C@H](CCCNC(N)=O)NC(=O)[C@@H](NC(=O)CCCCC(=O)ON3C(=O)CCC3=O)C(C)C)c(S(C)(=O)=O)c2)[C@]2(C)O[C@H]2[C@H](C)[C@@H]2C[C@@]1(O)NC(=O)O2. The molecule has 2 aromatic carbocycles. The van der Waals surface area contributed by atoms with Gasteiger partial charge in [-0.2, -0.15) is 0 Å². The van der Waals surface area contributed by atoms with E-state index in [0.29, 0.717) is 27.8 Å². The molecule has 0 radical (unpaired) electrons. The van der Waals surface area contributed by atoms with Gasteiger partial charge >= 0.3 is 24.1 Å². The first-order valence-electron chi connectivity index (χ1n) is 29.9. The number of nitrogens with zero attached hydrogens (tertiary/aromatic N) is 3. The Morgan fingerprint density at radius 2 is 1.64 bits per heavy atom. The van der Waals surface area contributed by atoms with Gasteiger partial charge in [0.1, 0.15) is 36.0 Å². The maximum Gasteiger partial charge on any atom is 0.409 e. The Morgan fingerprint density at radius 3 is 2.27 bits per heavy atom. The molecule has 498 valence electrons. The van der Waals surface area contributed by atoms with Crippen LogP contribution in [0.5, 0.6) is 0 Å². The van der Waals surface area contributed by atoms with Crippen LogP contribution in [0.2, 0.25) is 5.02 Å². The first kappa shape index (κ1) is 72.3. The van der Waals surface area contributed by atoms with Gasteiger partial charge in [0.2, 0.25) is 17.7 Å². The molecule has 27 nitrogen and oxygen atoms in total. The lowest BCUT2D eigenvalue weighted by Crippen LogP contribution is -2.63. The van der Waals surface area contributed by atoms with Crippen molar-refractivity contribution < 1.29 is 90.0 Å². The number of aryl methyl sites for hydroxylation is 1. The fourth-order valence-corrected chi connectivity index (χ4v) is 12.3. The zero-order valence-corrected chi connectivity index (χ0v) is 54.6. The van der Waals surface area contributed by atoms with Crippen molar-refractivity contribution in [3.05, 3.63) is 81.4 Å². The third kappa shape index (κ3) is 18.5. The van der Waals surface area contributed by atoms with Crippen LogP contribution in [0.1, 0.15) is 133 Å². The Labute approximate surface area is 533 Å². The number of imide groups is 1. The summed E-state index contributed by atoms with van der Waals surface area (Å²) in [4.78, 5) is 152. The number of primary amides is 1. The number of ether oxygens (including phenoxy) is 4. The summed E-state index contributed by atoms with van der Waals surface area (Å²) < 4.78 is 51.0. The lowest BCUT2D eigenvalue weighted by Gasteiger charge is -2.42. The Balaban J connectivity index is 1.19. The maximum absolute atomic E-state index is 14.5. The van der Waals surface area contributed by atoms with Crippen molar-refractivity contribution in [2.24, 2.45) is 17.6 Å². The van der Waals surface area contributed by atoms with E-state index in [-0.39, 0.29) is 75.5 Å². The maximum atomic E-state index is 14.5. The largest absolute Gasteiger partial charge is 0.457 e. The molecule has 0 aliphatic carbocycles. The summed E-state index contributed by atoms with van der Waals surface area (Å²) in [5.41, 5.74) is 4.36. The van der Waals surface area contributed by atoms with Gasteiger partial charge in [-0.3, -0.25) is 38.9 Å². The normalized spacial score (nSPS) is 24.7. The van der Waals surface area contributed by atoms with Gasteiger partial charge in [0.05, 0.1) is 34.2 Å². The number of allylic oxidation sites excluding steroid dienone is 3. The van der Waals surface area contributed by atoms with Crippen molar-refractivity contribution in [3.63, 3.8) is 0 Å². The second kappa shape index (κ2) is 30.6. The van der Waals surface area contributed by atoms with Crippen LogP contribution in [0.4, 0.5) is 15.3 Å². The van der Waals surface area contributed by atoms with Crippen molar-refractivity contribution in [2.45, 2.75) is 184 Å². The predicted octanol–water partition coefficient (Wildman–Crippen LogP) is 3.88. The first-order chi connectivity index (χ1) is 42.6. The van der Waals surface area contributed by atoms with Crippen LogP contribution in [0.3, 0.4) is 0 Å². The number of ketones is 1. The third-order valence-corrected chi connectivity index (χ3v) is 18.4. The number of halogens is 1. The molecule has 0 spiro atoms. The number of anilines is 1.